The third-order valence-electron chi connectivity index (χ3n) is 3.38. The van der Waals surface area contributed by atoms with Crippen LogP contribution in [0.4, 0.5) is 0 Å². The van der Waals surface area contributed by atoms with Crippen molar-refractivity contribution in [1.29, 1.82) is 0 Å². The van der Waals surface area contributed by atoms with Crippen LogP contribution in [-0.2, 0) is 13.2 Å². The van der Waals surface area contributed by atoms with Crippen LogP contribution >= 0.6 is 0 Å². The summed E-state index contributed by atoms with van der Waals surface area (Å²) in [6.45, 7) is 0.626. The molecule has 0 radical (unpaired) electrons. The molecule has 6 nitrogen and oxygen atoms in total. The maximum absolute atomic E-state index is 11.7. The summed E-state index contributed by atoms with van der Waals surface area (Å²) in [5.74, 6) is -0.256. The van der Waals surface area contributed by atoms with E-state index in [2.05, 4.69) is 0 Å². The van der Waals surface area contributed by atoms with Crippen LogP contribution in [0.1, 0.15) is 30.3 Å². The number of aromatic hydroxyl groups is 1. The van der Waals surface area contributed by atoms with E-state index in [9.17, 15) is 15.0 Å². The zero-order valence-corrected chi connectivity index (χ0v) is 11.0. The van der Waals surface area contributed by atoms with Crippen LogP contribution in [0.15, 0.2) is 10.9 Å². The Kier molecular flexibility index (Phi) is 4.24. The normalized spacial score (nSPS) is 15.2. The molecule has 1 saturated carbocycles. The van der Waals surface area contributed by atoms with Gasteiger partial charge in [0.2, 0.25) is 5.43 Å². The van der Waals surface area contributed by atoms with Gasteiger partial charge in [0.25, 0.3) is 0 Å². The molecule has 0 saturated heterocycles. The largest absolute Gasteiger partial charge is 0.503 e. The molecule has 0 aromatic carbocycles. The fraction of sp³-hybridized carbons (Fsp3) is 0.615. The van der Waals surface area contributed by atoms with E-state index in [0.717, 1.165) is 12.8 Å². The molecule has 1 aliphatic rings. The van der Waals surface area contributed by atoms with Crippen LogP contribution in [0.2, 0.25) is 0 Å². The van der Waals surface area contributed by atoms with Gasteiger partial charge in [-0.25, -0.2) is 0 Å². The maximum atomic E-state index is 11.7. The molecule has 1 fully saturated rings. The summed E-state index contributed by atoms with van der Waals surface area (Å²) in [5.41, 5.74) is 0.598. The van der Waals surface area contributed by atoms with Gasteiger partial charge in [-0.3, -0.25) is 9.69 Å². The first-order valence-corrected chi connectivity index (χ1v) is 6.45. The van der Waals surface area contributed by atoms with E-state index < -0.39 is 5.43 Å². The average Bonchev–Trinajstić information content (AvgIpc) is 3.19. The van der Waals surface area contributed by atoms with Crippen molar-refractivity contribution >= 4 is 0 Å². The highest BCUT2D eigenvalue weighted by Crippen LogP contribution is 2.38. The molecule has 0 atom stereocenters. The van der Waals surface area contributed by atoms with Crippen LogP contribution in [-0.4, -0.2) is 45.0 Å². The molecule has 106 valence electrons. The van der Waals surface area contributed by atoms with Gasteiger partial charge in [-0.05, 0) is 19.9 Å². The van der Waals surface area contributed by atoms with Crippen LogP contribution in [0.5, 0.6) is 5.75 Å². The van der Waals surface area contributed by atoms with Gasteiger partial charge in [0.15, 0.2) is 5.75 Å². The summed E-state index contributed by atoms with van der Waals surface area (Å²) < 4.78 is 1.87. The topological polar surface area (TPSA) is 85.9 Å². The number of hydrogen-bond acceptors (Lipinski definition) is 5. The standard InChI is InChI=1S/C13H20N2O4/c1-14(4-5-16)7-11-13(19)12(18)6-10(8-17)15(11)9-2-3-9/h6,9,16-17,19H,2-5,7-8H2,1H3. The monoisotopic (exact) mass is 268 g/mol. The highest BCUT2D eigenvalue weighted by Gasteiger charge is 2.29. The van der Waals surface area contributed by atoms with Crippen LogP contribution < -0.4 is 5.43 Å². The SMILES string of the molecule is CN(CCO)Cc1c(O)c(=O)cc(CO)n1C1CC1. The lowest BCUT2D eigenvalue weighted by Gasteiger charge is -2.22. The van der Waals surface area contributed by atoms with Crippen molar-refractivity contribution in [2.45, 2.75) is 32.0 Å². The molecular formula is C13H20N2O4. The highest BCUT2D eigenvalue weighted by atomic mass is 16.3. The van der Waals surface area contributed by atoms with Gasteiger partial charge in [-0.1, -0.05) is 0 Å². The number of likely N-dealkylation sites (N-methyl/N-ethyl adjacent to an activating group) is 1. The van der Waals surface area contributed by atoms with Crippen molar-refractivity contribution in [1.82, 2.24) is 9.47 Å². The van der Waals surface area contributed by atoms with Crippen molar-refractivity contribution < 1.29 is 15.3 Å². The Bertz CT molecular complexity index is 508. The van der Waals surface area contributed by atoms with Crippen molar-refractivity contribution in [3.05, 3.63) is 27.7 Å². The van der Waals surface area contributed by atoms with E-state index in [1.807, 2.05) is 16.5 Å². The lowest BCUT2D eigenvalue weighted by Crippen LogP contribution is -2.26. The summed E-state index contributed by atoms with van der Waals surface area (Å²) in [6, 6.07) is 1.55. The molecular weight excluding hydrogens is 248 g/mol. The molecule has 1 aliphatic carbocycles. The van der Waals surface area contributed by atoms with E-state index in [1.165, 1.54) is 6.07 Å². The third-order valence-corrected chi connectivity index (χ3v) is 3.38. The maximum Gasteiger partial charge on any atom is 0.223 e. The molecule has 0 amide bonds. The number of aliphatic hydroxyl groups is 2. The summed E-state index contributed by atoms with van der Waals surface area (Å²) in [7, 11) is 1.81. The molecule has 3 N–H and O–H groups in total. The van der Waals surface area contributed by atoms with Gasteiger partial charge in [0.1, 0.15) is 0 Å². The summed E-state index contributed by atoms with van der Waals surface area (Å²) in [4.78, 5) is 13.5. The van der Waals surface area contributed by atoms with Crippen molar-refractivity contribution in [3.8, 4) is 5.75 Å². The smallest absolute Gasteiger partial charge is 0.223 e. The van der Waals surface area contributed by atoms with Crippen molar-refractivity contribution in [3.63, 3.8) is 0 Å². The van der Waals surface area contributed by atoms with Gasteiger partial charge in [-0.2, -0.15) is 0 Å². The second kappa shape index (κ2) is 5.73. The number of pyridine rings is 1. The Balaban J connectivity index is 2.43. The zero-order valence-electron chi connectivity index (χ0n) is 11.0. The first-order chi connectivity index (χ1) is 9.08. The van der Waals surface area contributed by atoms with Crippen LogP contribution in [0.3, 0.4) is 0 Å². The average molecular weight is 268 g/mol. The Morgan fingerprint density at radius 1 is 1.42 bits per heavy atom. The van der Waals surface area contributed by atoms with E-state index in [-0.39, 0.29) is 25.0 Å². The Labute approximate surface area is 111 Å². The molecule has 0 spiro atoms. The first-order valence-electron chi connectivity index (χ1n) is 6.45. The van der Waals surface area contributed by atoms with E-state index >= 15 is 0 Å². The molecule has 0 aliphatic heterocycles. The quantitative estimate of drug-likeness (QED) is 0.665. The van der Waals surface area contributed by atoms with Crippen molar-refractivity contribution in [2.75, 3.05) is 20.2 Å². The van der Waals surface area contributed by atoms with Crippen LogP contribution in [0, 0.1) is 0 Å². The lowest BCUT2D eigenvalue weighted by atomic mass is 10.2. The molecule has 6 heteroatoms. The Morgan fingerprint density at radius 3 is 2.63 bits per heavy atom. The molecule has 1 aromatic heterocycles. The zero-order chi connectivity index (χ0) is 14.0. The Hall–Kier alpha value is -1.37. The minimum atomic E-state index is -0.464. The van der Waals surface area contributed by atoms with Crippen molar-refractivity contribution in [2.24, 2.45) is 0 Å². The number of aromatic nitrogens is 1. The predicted molar refractivity (Wildman–Crippen MR) is 70.0 cm³/mol. The van der Waals surface area contributed by atoms with Gasteiger partial charge in [0.05, 0.1) is 18.9 Å². The third kappa shape index (κ3) is 2.97. The lowest BCUT2D eigenvalue weighted by molar-refractivity contribution is 0.210. The molecule has 0 unspecified atom stereocenters. The van der Waals surface area contributed by atoms with E-state index in [0.29, 0.717) is 24.5 Å². The number of hydrogen-bond donors (Lipinski definition) is 3. The fourth-order valence-corrected chi connectivity index (χ4v) is 2.28. The Morgan fingerprint density at radius 2 is 2.11 bits per heavy atom. The molecule has 1 heterocycles. The number of rotatable bonds is 6. The molecule has 19 heavy (non-hydrogen) atoms. The molecule has 0 bridgehead atoms. The van der Waals surface area contributed by atoms with Gasteiger partial charge in [0, 0.05) is 30.9 Å². The second-order valence-electron chi connectivity index (χ2n) is 5.02. The highest BCUT2D eigenvalue weighted by molar-refractivity contribution is 5.31. The minimum Gasteiger partial charge on any atom is -0.503 e. The number of nitrogens with zero attached hydrogens (tertiary/aromatic N) is 2. The summed E-state index contributed by atoms with van der Waals surface area (Å²) in [6.07, 6.45) is 1.98. The minimum absolute atomic E-state index is 0.0185. The van der Waals surface area contributed by atoms with Gasteiger partial charge < -0.3 is 19.9 Å². The summed E-state index contributed by atoms with van der Waals surface area (Å²) >= 11 is 0. The van der Waals surface area contributed by atoms with E-state index in [1.54, 1.807) is 0 Å². The molecule has 1 aromatic rings. The summed E-state index contributed by atoms with van der Waals surface area (Å²) in [5, 5.41) is 28.3. The first kappa shape index (κ1) is 14.0. The van der Waals surface area contributed by atoms with Gasteiger partial charge >= 0.3 is 0 Å². The number of aliphatic hydroxyl groups excluding tert-OH is 2. The molecule has 2 rings (SSSR count). The fourth-order valence-electron chi connectivity index (χ4n) is 2.28. The van der Waals surface area contributed by atoms with Crippen LogP contribution in [0.25, 0.3) is 0 Å². The predicted octanol–water partition coefficient (Wildman–Crippen LogP) is -0.195. The second-order valence-corrected chi connectivity index (χ2v) is 5.02. The van der Waals surface area contributed by atoms with Gasteiger partial charge in [-0.15, -0.1) is 0 Å². The van der Waals surface area contributed by atoms with E-state index in [4.69, 9.17) is 5.11 Å².